The predicted molar refractivity (Wildman–Crippen MR) is 108 cm³/mol. The highest BCUT2D eigenvalue weighted by Gasteiger charge is 2.08. The van der Waals surface area contributed by atoms with Crippen LogP contribution in [0.1, 0.15) is 35.6 Å². The quantitative estimate of drug-likeness (QED) is 0.433. The van der Waals surface area contributed by atoms with E-state index in [4.69, 9.17) is 0 Å². The summed E-state index contributed by atoms with van der Waals surface area (Å²) < 4.78 is 40.5. The number of hydrogen-bond donors (Lipinski definition) is 0. The Morgan fingerprint density at radius 2 is 1.39 bits per heavy atom. The molecule has 0 atom stereocenters. The first kappa shape index (κ1) is 19.5. The van der Waals surface area contributed by atoms with Gasteiger partial charge in [0.1, 0.15) is 11.6 Å². The van der Waals surface area contributed by atoms with Crippen molar-refractivity contribution in [2.45, 2.75) is 19.8 Å². The van der Waals surface area contributed by atoms with Crippen LogP contribution >= 0.6 is 0 Å². The topological polar surface area (TPSA) is 0 Å². The number of halogens is 3. The van der Waals surface area contributed by atoms with Crippen LogP contribution in [-0.4, -0.2) is 0 Å². The van der Waals surface area contributed by atoms with E-state index in [0.717, 1.165) is 23.1 Å². The highest BCUT2D eigenvalue weighted by molar-refractivity contribution is 5.66. The summed E-state index contributed by atoms with van der Waals surface area (Å²) in [6, 6.07) is 17.5. The monoisotopic (exact) mass is 376 g/mol. The molecule has 0 unspecified atom stereocenters. The number of hydrogen-bond acceptors (Lipinski definition) is 0. The summed E-state index contributed by atoms with van der Waals surface area (Å²) >= 11 is 0. The van der Waals surface area contributed by atoms with Gasteiger partial charge in [-0.15, -0.1) is 0 Å². The Morgan fingerprint density at radius 1 is 0.821 bits per heavy atom. The van der Waals surface area contributed by atoms with Crippen LogP contribution in [0.2, 0.25) is 0 Å². The number of aryl methyl sites for hydroxylation is 1. The Balaban J connectivity index is 1.80. The first-order chi connectivity index (χ1) is 13.6. The molecule has 0 aromatic heterocycles. The molecule has 0 N–H and O–H groups in total. The standard InChI is InChI=1S/C25H19F3/c1-2-3-20-16-24(27)23(25(28)17-20)13-8-18-4-9-21(10-5-18)22-11-6-19(7-12-22)14-15-26/h4-7,9-12,14-17H,2-3H2,1H3. The van der Waals surface area contributed by atoms with Crippen LogP contribution in [0.4, 0.5) is 13.2 Å². The van der Waals surface area contributed by atoms with Crippen LogP contribution in [0.3, 0.4) is 0 Å². The van der Waals surface area contributed by atoms with E-state index in [1.54, 1.807) is 12.1 Å². The molecule has 0 aliphatic rings. The van der Waals surface area contributed by atoms with Gasteiger partial charge in [0.05, 0.1) is 11.9 Å². The van der Waals surface area contributed by atoms with Crippen LogP contribution in [0.5, 0.6) is 0 Å². The molecule has 0 aliphatic heterocycles. The second-order valence-electron chi connectivity index (χ2n) is 6.43. The zero-order valence-electron chi connectivity index (χ0n) is 15.5. The Labute approximate surface area is 163 Å². The van der Waals surface area contributed by atoms with Crippen LogP contribution in [0, 0.1) is 23.5 Å². The van der Waals surface area contributed by atoms with E-state index in [2.05, 4.69) is 11.8 Å². The summed E-state index contributed by atoms with van der Waals surface area (Å²) in [5.41, 5.74) is 3.84. The molecule has 0 aliphatic carbocycles. The molecule has 0 fully saturated rings. The molecular formula is C25H19F3. The maximum absolute atomic E-state index is 14.1. The molecule has 0 amide bonds. The molecule has 0 saturated carbocycles. The van der Waals surface area contributed by atoms with Gasteiger partial charge in [-0.05, 0) is 59.0 Å². The lowest BCUT2D eigenvalue weighted by Crippen LogP contribution is -1.94. The summed E-state index contributed by atoms with van der Waals surface area (Å²) in [5.74, 6) is 4.16. The average molecular weight is 376 g/mol. The molecule has 0 nitrogen and oxygen atoms in total. The summed E-state index contributed by atoms with van der Waals surface area (Å²) in [7, 11) is 0. The summed E-state index contributed by atoms with van der Waals surface area (Å²) in [6.07, 6.45) is 3.35. The second kappa shape index (κ2) is 9.10. The summed E-state index contributed by atoms with van der Waals surface area (Å²) in [4.78, 5) is 0. The predicted octanol–water partition coefficient (Wildman–Crippen LogP) is 6.92. The lowest BCUT2D eigenvalue weighted by atomic mass is 10.0. The Hall–Kier alpha value is -3.25. The first-order valence-corrected chi connectivity index (χ1v) is 9.08. The molecule has 3 rings (SSSR count). The van der Waals surface area contributed by atoms with Gasteiger partial charge in [0.2, 0.25) is 0 Å². The van der Waals surface area contributed by atoms with Crippen molar-refractivity contribution in [1.82, 2.24) is 0 Å². The second-order valence-corrected chi connectivity index (χ2v) is 6.43. The number of rotatable bonds is 4. The van der Waals surface area contributed by atoms with Crippen molar-refractivity contribution in [2.24, 2.45) is 0 Å². The highest BCUT2D eigenvalue weighted by atomic mass is 19.1. The van der Waals surface area contributed by atoms with Gasteiger partial charge >= 0.3 is 0 Å². The molecule has 3 heteroatoms. The Morgan fingerprint density at radius 3 is 1.93 bits per heavy atom. The van der Waals surface area contributed by atoms with E-state index in [-0.39, 0.29) is 5.56 Å². The van der Waals surface area contributed by atoms with Gasteiger partial charge < -0.3 is 0 Å². The van der Waals surface area contributed by atoms with E-state index in [0.29, 0.717) is 23.9 Å². The Bertz CT molecular complexity index is 1010. The summed E-state index contributed by atoms with van der Waals surface area (Å²) in [6.45, 7) is 1.96. The zero-order valence-corrected chi connectivity index (χ0v) is 15.5. The van der Waals surface area contributed by atoms with E-state index in [1.807, 2.05) is 43.3 Å². The van der Waals surface area contributed by atoms with Gasteiger partial charge in [0.15, 0.2) is 0 Å². The normalized spacial score (nSPS) is 10.7. The largest absolute Gasteiger partial charge is 0.216 e. The van der Waals surface area contributed by atoms with Gasteiger partial charge in [-0.3, -0.25) is 0 Å². The fraction of sp³-hybridized carbons (Fsp3) is 0.120. The molecule has 0 saturated heterocycles. The third-order valence-electron chi connectivity index (χ3n) is 4.36. The molecule has 0 bridgehead atoms. The average Bonchev–Trinajstić information content (AvgIpc) is 2.69. The minimum absolute atomic E-state index is 0.208. The van der Waals surface area contributed by atoms with Gasteiger partial charge in [0, 0.05) is 5.56 Å². The van der Waals surface area contributed by atoms with Crippen LogP contribution in [-0.2, 0) is 6.42 Å². The first-order valence-electron chi connectivity index (χ1n) is 9.08. The summed E-state index contributed by atoms with van der Waals surface area (Å²) in [5, 5.41) is 0. The molecule has 0 heterocycles. The maximum Gasteiger partial charge on any atom is 0.142 e. The zero-order chi connectivity index (χ0) is 19.9. The maximum atomic E-state index is 14.1. The van der Waals surface area contributed by atoms with E-state index < -0.39 is 11.6 Å². The van der Waals surface area contributed by atoms with E-state index in [9.17, 15) is 13.2 Å². The van der Waals surface area contributed by atoms with Crippen molar-refractivity contribution in [3.8, 4) is 23.0 Å². The van der Waals surface area contributed by atoms with Gasteiger partial charge in [-0.2, -0.15) is 0 Å². The molecule has 28 heavy (non-hydrogen) atoms. The van der Waals surface area contributed by atoms with Gasteiger partial charge in [-0.1, -0.05) is 61.6 Å². The fourth-order valence-electron chi connectivity index (χ4n) is 2.92. The van der Waals surface area contributed by atoms with Crippen molar-refractivity contribution < 1.29 is 13.2 Å². The third kappa shape index (κ3) is 4.72. The van der Waals surface area contributed by atoms with E-state index in [1.165, 1.54) is 18.2 Å². The number of benzene rings is 3. The minimum atomic E-state index is -0.630. The lowest BCUT2D eigenvalue weighted by molar-refractivity contribution is 0.573. The molecule has 0 spiro atoms. The SMILES string of the molecule is CCCc1cc(F)c(C#Cc2ccc(-c3ccc(C=CF)cc3)cc2)c(F)c1. The van der Waals surface area contributed by atoms with Crippen LogP contribution < -0.4 is 0 Å². The minimum Gasteiger partial charge on any atom is -0.216 e. The van der Waals surface area contributed by atoms with Crippen molar-refractivity contribution in [3.63, 3.8) is 0 Å². The molecule has 140 valence electrons. The van der Waals surface area contributed by atoms with Gasteiger partial charge in [-0.25, -0.2) is 13.2 Å². The Kier molecular flexibility index (Phi) is 6.34. The molecule has 3 aromatic rings. The molecular weight excluding hydrogens is 357 g/mol. The van der Waals surface area contributed by atoms with Crippen molar-refractivity contribution in [2.75, 3.05) is 0 Å². The smallest absolute Gasteiger partial charge is 0.142 e. The lowest BCUT2D eigenvalue weighted by Gasteiger charge is -2.03. The van der Waals surface area contributed by atoms with Gasteiger partial charge in [0.25, 0.3) is 0 Å². The third-order valence-corrected chi connectivity index (χ3v) is 4.36. The van der Waals surface area contributed by atoms with Crippen molar-refractivity contribution in [1.29, 1.82) is 0 Å². The van der Waals surface area contributed by atoms with Crippen molar-refractivity contribution in [3.05, 3.63) is 101 Å². The van der Waals surface area contributed by atoms with E-state index >= 15 is 0 Å². The van der Waals surface area contributed by atoms with Crippen LogP contribution in [0.15, 0.2) is 67.0 Å². The highest BCUT2D eigenvalue weighted by Crippen LogP contribution is 2.21. The molecule has 0 radical (unpaired) electrons. The van der Waals surface area contributed by atoms with Crippen molar-refractivity contribution >= 4 is 6.08 Å². The molecule has 3 aromatic carbocycles. The fourth-order valence-corrected chi connectivity index (χ4v) is 2.92. The van der Waals surface area contributed by atoms with Crippen LogP contribution in [0.25, 0.3) is 17.2 Å².